The first-order valence-electron chi connectivity index (χ1n) is 6.64. The Labute approximate surface area is 110 Å². The van der Waals surface area contributed by atoms with E-state index in [1.165, 1.54) is 0 Å². The molecule has 0 spiro atoms. The summed E-state index contributed by atoms with van der Waals surface area (Å²) in [4.78, 5) is 0. The van der Waals surface area contributed by atoms with Crippen LogP contribution in [0, 0.1) is 6.92 Å². The maximum atomic E-state index is 10.0. The summed E-state index contributed by atoms with van der Waals surface area (Å²) in [5, 5.41) is 13.3. The highest BCUT2D eigenvalue weighted by molar-refractivity contribution is 5.40. The molecule has 3 heteroatoms. The van der Waals surface area contributed by atoms with Crippen LogP contribution >= 0.6 is 0 Å². The summed E-state index contributed by atoms with van der Waals surface area (Å²) in [6, 6.07) is 6.13. The Kier molecular flexibility index (Phi) is 5.63. The molecule has 18 heavy (non-hydrogen) atoms. The molecule has 0 radical (unpaired) electrons. The third-order valence-electron chi connectivity index (χ3n) is 3.15. The van der Waals surface area contributed by atoms with E-state index in [9.17, 15) is 5.11 Å². The number of rotatable bonds is 7. The van der Waals surface area contributed by atoms with Crippen LogP contribution in [-0.4, -0.2) is 23.9 Å². The Morgan fingerprint density at radius 1 is 1.33 bits per heavy atom. The molecule has 2 N–H and O–H groups in total. The number of benzene rings is 1. The van der Waals surface area contributed by atoms with E-state index >= 15 is 0 Å². The fourth-order valence-electron chi connectivity index (χ4n) is 1.65. The van der Waals surface area contributed by atoms with Gasteiger partial charge in [0.25, 0.3) is 0 Å². The minimum Gasteiger partial charge on any atom is -0.490 e. The molecule has 0 aliphatic rings. The molecular weight excluding hydrogens is 226 g/mol. The van der Waals surface area contributed by atoms with E-state index in [1.807, 2.05) is 26.0 Å². The molecule has 0 aliphatic carbocycles. The molecule has 0 amide bonds. The Bertz CT molecular complexity index is 375. The molecule has 0 aliphatic heterocycles. The summed E-state index contributed by atoms with van der Waals surface area (Å²) in [5.41, 5.74) is 1.48. The van der Waals surface area contributed by atoms with Crippen molar-refractivity contribution in [2.75, 3.05) is 13.2 Å². The predicted octanol–water partition coefficient (Wildman–Crippen LogP) is 2.64. The molecule has 1 aromatic carbocycles. The highest BCUT2D eigenvalue weighted by Crippen LogP contribution is 2.24. The van der Waals surface area contributed by atoms with Gasteiger partial charge in [-0.2, -0.15) is 0 Å². The van der Waals surface area contributed by atoms with Crippen molar-refractivity contribution in [2.24, 2.45) is 0 Å². The van der Waals surface area contributed by atoms with Gasteiger partial charge >= 0.3 is 0 Å². The molecule has 0 saturated heterocycles. The fraction of sp³-hybridized carbons (Fsp3) is 0.600. The summed E-state index contributed by atoms with van der Waals surface area (Å²) < 4.78 is 5.83. The second kappa shape index (κ2) is 6.76. The van der Waals surface area contributed by atoms with Gasteiger partial charge in [-0.15, -0.1) is 0 Å². The Balaban J connectivity index is 2.79. The molecule has 0 bridgehead atoms. The first-order valence-corrected chi connectivity index (χ1v) is 6.64. The number of hydrogen-bond acceptors (Lipinski definition) is 3. The van der Waals surface area contributed by atoms with Crippen molar-refractivity contribution >= 4 is 0 Å². The van der Waals surface area contributed by atoms with Crippen LogP contribution < -0.4 is 10.1 Å². The molecule has 1 unspecified atom stereocenters. The van der Waals surface area contributed by atoms with Crippen molar-refractivity contribution in [1.29, 1.82) is 0 Å². The van der Waals surface area contributed by atoms with Gasteiger partial charge in [0.15, 0.2) is 0 Å². The lowest BCUT2D eigenvalue weighted by Crippen LogP contribution is -2.31. The van der Waals surface area contributed by atoms with Crippen molar-refractivity contribution in [3.8, 4) is 5.75 Å². The number of aryl methyl sites for hydroxylation is 1. The van der Waals surface area contributed by atoms with Crippen molar-refractivity contribution < 1.29 is 9.84 Å². The van der Waals surface area contributed by atoms with Gasteiger partial charge in [-0.25, -0.2) is 0 Å². The normalized spacial score (nSPS) is 14.3. The minimum atomic E-state index is -0.766. The number of aliphatic hydroxyl groups is 1. The Hall–Kier alpha value is -1.06. The van der Waals surface area contributed by atoms with Crippen molar-refractivity contribution in [3.63, 3.8) is 0 Å². The van der Waals surface area contributed by atoms with Gasteiger partial charge in [-0.05, 0) is 32.4 Å². The number of ether oxygens (including phenoxy) is 1. The molecule has 0 fully saturated rings. The maximum absolute atomic E-state index is 10.0. The first-order chi connectivity index (χ1) is 8.50. The van der Waals surface area contributed by atoms with Gasteiger partial charge in [-0.1, -0.05) is 32.0 Å². The van der Waals surface area contributed by atoms with Gasteiger partial charge in [0.2, 0.25) is 0 Å². The number of hydrogen-bond donors (Lipinski definition) is 2. The van der Waals surface area contributed by atoms with Crippen molar-refractivity contribution in [3.05, 3.63) is 29.3 Å². The van der Waals surface area contributed by atoms with Gasteiger partial charge in [-0.3, -0.25) is 0 Å². The largest absolute Gasteiger partial charge is 0.490 e. The molecular formula is C15H25NO2. The maximum Gasteiger partial charge on any atom is 0.126 e. The molecule has 0 saturated carbocycles. The second-order valence-electron chi connectivity index (χ2n) is 4.98. The van der Waals surface area contributed by atoms with Gasteiger partial charge in [0, 0.05) is 12.1 Å². The van der Waals surface area contributed by atoms with E-state index in [-0.39, 0.29) is 0 Å². The number of para-hydroxylation sites is 1. The third kappa shape index (κ3) is 4.31. The minimum absolute atomic E-state index is 0.327. The SMILES string of the molecule is CCNCc1cccc(C)c1OCC(C)(O)CC. The van der Waals surface area contributed by atoms with E-state index in [1.54, 1.807) is 6.92 Å². The summed E-state index contributed by atoms with van der Waals surface area (Å²) in [7, 11) is 0. The topological polar surface area (TPSA) is 41.5 Å². The molecule has 3 nitrogen and oxygen atoms in total. The quantitative estimate of drug-likeness (QED) is 0.783. The van der Waals surface area contributed by atoms with Gasteiger partial charge in [0.05, 0.1) is 5.60 Å². The lowest BCUT2D eigenvalue weighted by molar-refractivity contribution is 0.00796. The highest BCUT2D eigenvalue weighted by Gasteiger charge is 2.19. The van der Waals surface area contributed by atoms with Crippen molar-refractivity contribution in [2.45, 2.75) is 46.3 Å². The first kappa shape index (κ1) is 15.0. The van der Waals surface area contributed by atoms with E-state index in [2.05, 4.69) is 18.3 Å². The fourth-order valence-corrected chi connectivity index (χ4v) is 1.65. The Morgan fingerprint density at radius 3 is 2.67 bits per heavy atom. The zero-order valence-corrected chi connectivity index (χ0v) is 11.9. The summed E-state index contributed by atoms with van der Waals surface area (Å²) in [6.07, 6.45) is 0.682. The molecule has 1 aromatic rings. The average Bonchev–Trinajstić information content (AvgIpc) is 2.35. The zero-order chi connectivity index (χ0) is 13.6. The van der Waals surface area contributed by atoms with Crippen LogP contribution in [0.5, 0.6) is 5.75 Å². The van der Waals surface area contributed by atoms with Crippen LogP contribution in [0.3, 0.4) is 0 Å². The van der Waals surface area contributed by atoms with Crippen LogP contribution in [-0.2, 0) is 6.54 Å². The summed E-state index contributed by atoms with van der Waals surface area (Å²) in [5.74, 6) is 0.896. The van der Waals surface area contributed by atoms with Crippen LogP contribution in [0.25, 0.3) is 0 Å². The van der Waals surface area contributed by atoms with E-state index in [0.717, 1.165) is 30.0 Å². The zero-order valence-electron chi connectivity index (χ0n) is 11.9. The predicted molar refractivity (Wildman–Crippen MR) is 75.0 cm³/mol. The molecule has 0 heterocycles. The second-order valence-corrected chi connectivity index (χ2v) is 4.98. The van der Waals surface area contributed by atoms with Crippen LogP contribution in [0.1, 0.15) is 38.3 Å². The number of nitrogens with one attached hydrogen (secondary N) is 1. The lowest BCUT2D eigenvalue weighted by atomic mass is 10.1. The highest BCUT2D eigenvalue weighted by atomic mass is 16.5. The van der Waals surface area contributed by atoms with Crippen LogP contribution in [0.4, 0.5) is 0 Å². The Morgan fingerprint density at radius 2 is 2.06 bits per heavy atom. The molecule has 1 atom stereocenters. The third-order valence-corrected chi connectivity index (χ3v) is 3.15. The molecule has 102 valence electrons. The molecule has 1 rings (SSSR count). The van der Waals surface area contributed by atoms with Crippen LogP contribution in [0.15, 0.2) is 18.2 Å². The average molecular weight is 251 g/mol. The van der Waals surface area contributed by atoms with Crippen LogP contribution in [0.2, 0.25) is 0 Å². The summed E-state index contributed by atoms with van der Waals surface area (Å²) >= 11 is 0. The summed E-state index contributed by atoms with van der Waals surface area (Å²) in [6.45, 7) is 9.93. The smallest absolute Gasteiger partial charge is 0.126 e. The van der Waals surface area contributed by atoms with Gasteiger partial charge < -0.3 is 15.2 Å². The van der Waals surface area contributed by atoms with E-state index < -0.39 is 5.60 Å². The monoisotopic (exact) mass is 251 g/mol. The molecule has 0 aromatic heterocycles. The van der Waals surface area contributed by atoms with Crippen molar-refractivity contribution in [1.82, 2.24) is 5.32 Å². The lowest BCUT2D eigenvalue weighted by Gasteiger charge is -2.23. The van der Waals surface area contributed by atoms with E-state index in [4.69, 9.17) is 4.74 Å². The standard InChI is InChI=1S/C15H25NO2/c1-5-15(4,17)11-18-14-12(3)8-7-9-13(14)10-16-6-2/h7-9,16-17H,5-6,10-11H2,1-4H3. The van der Waals surface area contributed by atoms with E-state index in [0.29, 0.717) is 13.0 Å². The van der Waals surface area contributed by atoms with Gasteiger partial charge in [0.1, 0.15) is 12.4 Å².